The number of amides is 1. The Bertz CT molecular complexity index is 223. The van der Waals surface area contributed by atoms with E-state index in [1.807, 2.05) is 6.92 Å². The van der Waals surface area contributed by atoms with Crippen molar-refractivity contribution in [3.05, 3.63) is 0 Å². The summed E-state index contributed by atoms with van der Waals surface area (Å²) >= 11 is 0. The molecule has 1 saturated heterocycles. The lowest BCUT2D eigenvalue weighted by molar-refractivity contribution is -0.131. The predicted octanol–water partition coefficient (Wildman–Crippen LogP) is -0.355. The van der Waals surface area contributed by atoms with Gasteiger partial charge in [0.25, 0.3) is 0 Å². The minimum Gasteiger partial charge on any atom is -0.383 e. The normalized spacial score (nSPS) is 31.5. The van der Waals surface area contributed by atoms with Crippen molar-refractivity contribution in [3.63, 3.8) is 0 Å². The third kappa shape index (κ3) is 3.15. The van der Waals surface area contributed by atoms with Crippen molar-refractivity contribution in [1.29, 1.82) is 0 Å². The number of primary amides is 1. The molecule has 1 amide bonds. The molecule has 0 radical (unpaired) electrons. The number of hydrogen-bond acceptors (Lipinski definition) is 4. The minimum atomic E-state index is -0.615. The van der Waals surface area contributed by atoms with Crippen LogP contribution in [0.5, 0.6) is 0 Å². The van der Waals surface area contributed by atoms with Gasteiger partial charge in [0.05, 0.1) is 12.7 Å². The maximum atomic E-state index is 11.5. The summed E-state index contributed by atoms with van der Waals surface area (Å²) in [6.45, 7) is 3.73. The molecule has 88 valence electrons. The molecule has 0 aromatic rings. The molecule has 0 aromatic heterocycles. The SMILES string of the molecule is COCCNC1(C(N)=O)CCOC(C)C1. The first kappa shape index (κ1) is 12.4. The van der Waals surface area contributed by atoms with Crippen LogP contribution < -0.4 is 11.1 Å². The summed E-state index contributed by atoms with van der Waals surface area (Å²) in [4.78, 5) is 11.5. The Morgan fingerprint density at radius 3 is 3.00 bits per heavy atom. The zero-order valence-corrected chi connectivity index (χ0v) is 9.41. The van der Waals surface area contributed by atoms with Crippen molar-refractivity contribution < 1.29 is 14.3 Å². The number of carbonyl (C=O) groups is 1. The highest BCUT2D eigenvalue weighted by Gasteiger charge is 2.40. The Morgan fingerprint density at radius 1 is 1.73 bits per heavy atom. The third-order valence-corrected chi connectivity index (χ3v) is 2.81. The first-order valence-electron chi connectivity index (χ1n) is 5.26. The molecule has 0 saturated carbocycles. The molecule has 5 nitrogen and oxygen atoms in total. The molecule has 0 spiro atoms. The zero-order chi connectivity index (χ0) is 11.3. The van der Waals surface area contributed by atoms with Crippen LogP contribution in [0.25, 0.3) is 0 Å². The number of methoxy groups -OCH3 is 1. The largest absolute Gasteiger partial charge is 0.383 e. The molecule has 1 aliphatic rings. The standard InChI is InChI=1S/C10H20N2O3/c1-8-7-10(9(11)13,3-5-15-8)12-4-6-14-2/h8,12H,3-7H2,1-2H3,(H2,11,13). The molecule has 3 N–H and O–H groups in total. The van der Waals surface area contributed by atoms with Crippen LogP contribution in [-0.2, 0) is 14.3 Å². The van der Waals surface area contributed by atoms with E-state index < -0.39 is 5.54 Å². The third-order valence-electron chi connectivity index (χ3n) is 2.81. The van der Waals surface area contributed by atoms with Gasteiger partial charge in [-0.05, 0) is 13.3 Å². The molecule has 0 aromatic carbocycles. The van der Waals surface area contributed by atoms with Crippen LogP contribution in [0.15, 0.2) is 0 Å². The van der Waals surface area contributed by atoms with E-state index in [0.29, 0.717) is 32.6 Å². The lowest BCUT2D eigenvalue weighted by Gasteiger charge is -2.38. The van der Waals surface area contributed by atoms with Crippen LogP contribution in [0.1, 0.15) is 19.8 Å². The minimum absolute atomic E-state index is 0.0706. The number of hydrogen-bond donors (Lipinski definition) is 2. The molecule has 1 aliphatic heterocycles. The first-order valence-corrected chi connectivity index (χ1v) is 5.26. The highest BCUT2D eigenvalue weighted by atomic mass is 16.5. The summed E-state index contributed by atoms with van der Waals surface area (Å²) in [5.41, 5.74) is 4.83. The summed E-state index contributed by atoms with van der Waals surface area (Å²) in [6.07, 6.45) is 1.34. The topological polar surface area (TPSA) is 73.6 Å². The second kappa shape index (κ2) is 5.44. The van der Waals surface area contributed by atoms with E-state index in [1.165, 1.54) is 0 Å². The molecule has 1 heterocycles. The van der Waals surface area contributed by atoms with Gasteiger partial charge in [-0.25, -0.2) is 0 Å². The van der Waals surface area contributed by atoms with Gasteiger partial charge in [0.15, 0.2) is 0 Å². The Morgan fingerprint density at radius 2 is 2.47 bits per heavy atom. The smallest absolute Gasteiger partial charge is 0.237 e. The van der Waals surface area contributed by atoms with E-state index in [1.54, 1.807) is 7.11 Å². The fourth-order valence-corrected chi connectivity index (χ4v) is 1.95. The van der Waals surface area contributed by atoms with E-state index in [0.717, 1.165) is 0 Å². The monoisotopic (exact) mass is 216 g/mol. The number of nitrogens with two attached hydrogens (primary N) is 1. The van der Waals surface area contributed by atoms with Gasteiger partial charge in [-0.15, -0.1) is 0 Å². The molecule has 5 heteroatoms. The average Bonchev–Trinajstić information content (AvgIpc) is 2.18. The van der Waals surface area contributed by atoms with Crippen LogP contribution in [0.4, 0.5) is 0 Å². The summed E-state index contributed by atoms with van der Waals surface area (Å²) in [5, 5.41) is 3.19. The Balaban J connectivity index is 2.57. The maximum Gasteiger partial charge on any atom is 0.237 e. The van der Waals surface area contributed by atoms with Crippen molar-refractivity contribution in [3.8, 4) is 0 Å². The molecule has 0 aliphatic carbocycles. The van der Waals surface area contributed by atoms with Gasteiger partial charge >= 0.3 is 0 Å². The first-order chi connectivity index (χ1) is 7.10. The lowest BCUT2D eigenvalue weighted by atomic mass is 9.86. The van der Waals surface area contributed by atoms with Gasteiger partial charge in [-0.3, -0.25) is 4.79 Å². The Kier molecular flexibility index (Phi) is 4.50. The van der Waals surface area contributed by atoms with Crippen LogP contribution >= 0.6 is 0 Å². The van der Waals surface area contributed by atoms with Crippen molar-refractivity contribution in [2.45, 2.75) is 31.4 Å². The average molecular weight is 216 g/mol. The number of nitrogens with one attached hydrogen (secondary N) is 1. The van der Waals surface area contributed by atoms with Crippen LogP contribution in [0.3, 0.4) is 0 Å². The second-order valence-electron chi connectivity index (χ2n) is 4.00. The molecule has 1 fully saturated rings. The van der Waals surface area contributed by atoms with Crippen molar-refractivity contribution >= 4 is 5.91 Å². The van der Waals surface area contributed by atoms with Gasteiger partial charge < -0.3 is 20.5 Å². The van der Waals surface area contributed by atoms with Crippen molar-refractivity contribution in [1.82, 2.24) is 5.32 Å². The number of ether oxygens (including phenoxy) is 2. The maximum absolute atomic E-state index is 11.5. The fraction of sp³-hybridized carbons (Fsp3) is 0.900. The van der Waals surface area contributed by atoms with Gasteiger partial charge in [-0.1, -0.05) is 0 Å². The number of rotatable bonds is 5. The van der Waals surface area contributed by atoms with Crippen molar-refractivity contribution in [2.75, 3.05) is 26.9 Å². The molecule has 1 rings (SSSR count). The van der Waals surface area contributed by atoms with Gasteiger partial charge in [0.2, 0.25) is 5.91 Å². The molecule has 2 atom stereocenters. The summed E-state index contributed by atoms with van der Waals surface area (Å²) in [6, 6.07) is 0. The zero-order valence-electron chi connectivity index (χ0n) is 9.41. The molecular weight excluding hydrogens is 196 g/mol. The lowest BCUT2D eigenvalue weighted by Crippen LogP contribution is -2.60. The molecular formula is C10H20N2O3. The second-order valence-corrected chi connectivity index (χ2v) is 4.00. The van der Waals surface area contributed by atoms with E-state index in [4.69, 9.17) is 15.2 Å². The highest BCUT2D eigenvalue weighted by Crippen LogP contribution is 2.24. The molecule has 2 unspecified atom stereocenters. The molecule has 15 heavy (non-hydrogen) atoms. The summed E-state index contributed by atoms with van der Waals surface area (Å²) in [7, 11) is 1.63. The quantitative estimate of drug-likeness (QED) is 0.616. The van der Waals surface area contributed by atoms with Gasteiger partial charge in [-0.2, -0.15) is 0 Å². The van der Waals surface area contributed by atoms with Crippen LogP contribution in [0.2, 0.25) is 0 Å². The number of carbonyl (C=O) groups excluding carboxylic acids is 1. The Hall–Kier alpha value is -0.650. The van der Waals surface area contributed by atoms with Gasteiger partial charge in [0, 0.05) is 26.7 Å². The van der Waals surface area contributed by atoms with Crippen LogP contribution in [0, 0.1) is 0 Å². The summed E-state index contributed by atoms with van der Waals surface area (Å²) in [5.74, 6) is -0.297. The van der Waals surface area contributed by atoms with Crippen LogP contribution in [-0.4, -0.2) is 44.4 Å². The fourth-order valence-electron chi connectivity index (χ4n) is 1.95. The molecule has 0 bridgehead atoms. The Labute approximate surface area is 90.3 Å². The van der Waals surface area contributed by atoms with E-state index in [2.05, 4.69) is 5.32 Å². The van der Waals surface area contributed by atoms with Crippen molar-refractivity contribution in [2.24, 2.45) is 5.73 Å². The summed E-state index contributed by atoms with van der Waals surface area (Å²) < 4.78 is 10.3. The van der Waals surface area contributed by atoms with Gasteiger partial charge in [0.1, 0.15) is 5.54 Å². The highest BCUT2D eigenvalue weighted by molar-refractivity contribution is 5.84. The van der Waals surface area contributed by atoms with E-state index in [-0.39, 0.29) is 12.0 Å². The van der Waals surface area contributed by atoms with E-state index in [9.17, 15) is 4.79 Å². The van der Waals surface area contributed by atoms with E-state index >= 15 is 0 Å². The predicted molar refractivity (Wildman–Crippen MR) is 56.5 cm³/mol.